The van der Waals surface area contributed by atoms with Gasteiger partial charge >= 0.3 is 8.56 Å². The minimum atomic E-state index is -1.84. The minimum Gasteiger partial charge on any atom is -0.398 e. The van der Waals surface area contributed by atoms with Crippen LogP contribution in [0.2, 0.25) is 12.6 Å². The molecule has 1 aliphatic carbocycles. The zero-order chi connectivity index (χ0) is 11.3. The summed E-state index contributed by atoms with van der Waals surface area (Å²) in [7, 11) is 1.68. The normalized spacial score (nSPS) is 20.8. The van der Waals surface area contributed by atoms with Crippen molar-refractivity contribution in [2.24, 2.45) is 5.92 Å². The lowest BCUT2D eigenvalue weighted by molar-refractivity contribution is 0.248. The maximum absolute atomic E-state index is 5.46. The Morgan fingerprint density at radius 1 is 1.33 bits per heavy atom. The van der Waals surface area contributed by atoms with Gasteiger partial charge in [-0.15, -0.1) is 0 Å². The Morgan fingerprint density at radius 2 is 2.00 bits per heavy atom. The van der Waals surface area contributed by atoms with E-state index in [1.165, 1.54) is 12.8 Å². The molecule has 0 N–H and O–H groups in total. The van der Waals surface area contributed by atoms with Crippen molar-refractivity contribution in [2.45, 2.75) is 32.4 Å². The highest BCUT2D eigenvalue weighted by Gasteiger charge is 2.28. The van der Waals surface area contributed by atoms with E-state index < -0.39 is 8.56 Å². The van der Waals surface area contributed by atoms with Crippen molar-refractivity contribution in [1.82, 2.24) is 0 Å². The van der Waals surface area contributed by atoms with Crippen LogP contribution in [0.3, 0.4) is 0 Å². The van der Waals surface area contributed by atoms with Crippen LogP contribution in [-0.4, -0.2) is 22.8 Å². The third-order valence-corrected chi connectivity index (χ3v) is 6.24. The number of hydrogen-bond donors (Lipinski definition) is 0. The fourth-order valence-corrected chi connectivity index (χ4v) is 3.23. The first-order chi connectivity index (χ1) is 7.11. The maximum Gasteiger partial charge on any atom is 0.334 e. The number of hydrogen-bond acceptors (Lipinski definition) is 2. The van der Waals surface area contributed by atoms with E-state index in [1.54, 1.807) is 19.8 Å². The van der Waals surface area contributed by atoms with Crippen molar-refractivity contribution < 1.29 is 8.85 Å². The van der Waals surface area contributed by atoms with Gasteiger partial charge in [-0.3, -0.25) is 0 Å². The van der Waals surface area contributed by atoms with Gasteiger partial charge in [-0.25, -0.2) is 0 Å². The van der Waals surface area contributed by atoms with Gasteiger partial charge in [-0.2, -0.15) is 0 Å². The summed E-state index contributed by atoms with van der Waals surface area (Å²) in [6.07, 6.45) is 8.98. The molecule has 3 heteroatoms. The van der Waals surface area contributed by atoms with Crippen molar-refractivity contribution in [2.75, 3.05) is 14.2 Å². The van der Waals surface area contributed by atoms with Gasteiger partial charge < -0.3 is 8.85 Å². The van der Waals surface area contributed by atoms with Crippen molar-refractivity contribution >= 4 is 8.56 Å². The molecule has 2 nitrogen and oxygen atoms in total. The van der Waals surface area contributed by atoms with E-state index in [1.807, 2.05) is 0 Å². The summed E-state index contributed by atoms with van der Waals surface area (Å²) in [6.45, 7) is 4.37. The van der Waals surface area contributed by atoms with Crippen LogP contribution in [0.25, 0.3) is 0 Å². The van der Waals surface area contributed by atoms with Gasteiger partial charge in [0.25, 0.3) is 0 Å². The lowest BCUT2D eigenvalue weighted by Gasteiger charge is -2.22. The van der Waals surface area contributed by atoms with Gasteiger partial charge in [0.1, 0.15) is 0 Å². The highest BCUT2D eigenvalue weighted by atomic mass is 28.4. The monoisotopic (exact) mass is 226 g/mol. The fraction of sp³-hybridized carbons (Fsp3) is 0.667. The molecule has 0 saturated heterocycles. The molecule has 0 aromatic carbocycles. The van der Waals surface area contributed by atoms with Crippen LogP contribution in [0.4, 0.5) is 0 Å². The lowest BCUT2D eigenvalue weighted by Crippen LogP contribution is -2.35. The van der Waals surface area contributed by atoms with Gasteiger partial charge in [0.15, 0.2) is 0 Å². The second-order valence-corrected chi connectivity index (χ2v) is 7.89. The molecule has 0 aromatic heterocycles. The smallest absolute Gasteiger partial charge is 0.334 e. The molecule has 15 heavy (non-hydrogen) atoms. The van der Waals surface area contributed by atoms with Crippen LogP contribution in [-0.2, 0) is 8.85 Å². The molecular formula is C12H22O2Si. The molecule has 1 atom stereocenters. The lowest BCUT2D eigenvalue weighted by atomic mass is 10.0. The molecule has 0 amide bonds. The highest BCUT2D eigenvalue weighted by molar-refractivity contribution is 6.65. The van der Waals surface area contributed by atoms with Crippen LogP contribution in [0, 0.1) is 5.92 Å². The van der Waals surface area contributed by atoms with Gasteiger partial charge in [0.05, 0.1) is 0 Å². The van der Waals surface area contributed by atoms with Crippen LogP contribution in [0.15, 0.2) is 23.8 Å². The molecule has 0 aromatic rings. The Balaban J connectivity index is 2.27. The molecule has 1 unspecified atom stereocenters. The standard InChI is InChI=1S/C12H22O2Si/c1-11-7-5-8-12(11)9-6-10-15(4,13-2)14-3/h5,7-8,11H,6,9-10H2,1-4H3. The Hall–Kier alpha value is -0.383. The summed E-state index contributed by atoms with van der Waals surface area (Å²) in [4.78, 5) is 0. The average Bonchev–Trinajstić information content (AvgIpc) is 2.64. The first-order valence-electron chi connectivity index (χ1n) is 5.59. The SMILES string of the molecule is CO[Si](C)(CCCC1=CC=CC1C)OC. The van der Waals surface area contributed by atoms with Gasteiger partial charge in [0.2, 0.25) is 0 Å². The van der Waals surface area contributed by atoms with Gasteiger partial charge in [-0.05, 0) is 31.4 Å². The second-order valence-electron chi connectivity index (χ2n) is 4.31. The van der Waals surface area contributed by atoms with E-state index in [-0.39, 0.29) is 0 Å². The molecule has 0 aliphatic heterocycles. The summed E-state index contributed by atoms with van der Waals surface area (Å²) in [5, 5.41) is 0. The summed E-state index contributed by atoms with van der Waals surface area (Å²) in [6, 6.07) is 1.07. The predicted octanol–water partition coefficient (Wildman–Crippen LogP) is 3.26. The number of rotatable bonds is 6. The molecule has 86 valence electrons. The van der Waals surface area contributed by atoms with E-state index in [0.29, 0.717) is 5.92 Å². The van der Waals surface area contributed by atoms with E-state index in [9.17, 15) is 0 Å². The summed E-state index contributed by atoms with van der Waals surface area (Å²) < 4.78 is 10.9. The van der Waals surface area contributed by atoms with E-state index in [4.69, 9.17) is 8.85 Å². The first-order valence-corrected chi connectivity index (χ1v) is 8.11. The molecule has 0 bridgehead atoms. The van der Waals surface area contributed by atoms with Crippen LogP contribution in [0.1, 0.15) is 19.8 Å². The van der Waals surface area contributed by atoms with Crippen molar-refractivity contribution in [3.8, 4) is 0 Å². The molecule has 0 radical (unpaired) electrons. The topological polar surface area (TPSA) is 18.5 Å². The van der Waals surface area contributed by atoms with E-state index in [2.05, 4.69) is 31.7 Å². The molecule has 0 saturated carbocycles. The molecule has 1 aliphatic rings. The van der Waals surface area contributed by atoms with Gasteiger partial charge in [0, 0.05) is 14.2 Å². The van der Waals surface area contributed by atoms with Crippen molar-refractivity contribution in [3.05, 3.63) is 23.8 Å². The highest BCUT2D eigenvalue weighted by Crippen LogP contribution is 2.25. The summed E-state index contributed by atoms with van der Waals surface area (Å²) in [5.41, 5.74) is 1.54. The Kier molecular flexibility index (Phi) is 4.76. The van der Waals surface area contributed by atoms with Gasteiger partial charge in [-0.1, -0.05) is 30.7 Å². The molecular weight excluding hydrogens is 204 g/mol. The molecule has 0 spiro atoms. The van der Waals surface area contributed by atoms with Crippen molar-refractivity contribution in [3.63, 3.8) is 0 Å². The van der Waals surface area contributed by atoms with Crippen LogP contribution < -0.4 is 0 Å². The van der Waals surface area contributed by atoms with Crippen LogP contribution in [0.5, 0.6) is 0 Å². The first kappa shape index (κ1) is 12.7. The predicted molar refractivity (Wildman–Crippen MR) is 66.1 cm³/mol. The zero-order valence-corrected chi connectivity index (χ0v) is 11.2. The summed E-state index contributed by atoms with van der Waals surface area (Å²) >= 11 is 0. The largest absolute Gasteiger partial charge is 0.398 e. The quantitative estimate of drug-likeness (QED) is 0.647. The Morgan fingerprint density at radius 3 is 2.47 bits per heavy atom. The number of allylic oxidation sites excluding steroid dienone is 4. The third-order valence-electron chi connectivity index (χ3n) is 3.25. The zero-order valence-electron chi connectivity index (χ0n) is 10.2. The Labute approximate surface area is 94.2 Å². The molecule has 1 rings (SSSR count). The van der Waals surface area contributed by atoms with Crippen molar-refractivity contribution in [1.29, 1.82) is 0 Å². The van der Waals surface area contributed by atoms with Crippen LogP contribution >= 0.6 is 0 Å². The maximum atomic E-state index is 5.46. The fourth-order valence-electron chi connectivity index (χ4n) is 1.83. The van der Waals surface area contributed by atoms with E-state index >= 15 is 0 Å². The second kappa shape index (κ2) is 5.63. The molecule has 0 fully saturated rings. The minimum absolute atomic E-state index is 0.628. The van der Waals surface area contributed by atoms with E-state index in [0.717, 1.165) is 6.04 Å². The Bertz CT molecular complexity index is 254. The third kappa shape index (κ3) is 3.59. The average molecular weight is 226 g/mol. The molecule has 0 heterocycles. The summed E-state index contributed by atoms with van der Waals surface area (Å²) in [5.74, 6) is 0.628.